The number of nitrogens with zero attached hydrogens (tertiary/aromatic N) is 4. The minimum Gasteiger partial charge on any atom is -0.425 e. The third-order valence-corrected chi connectivity index (χ3v) is 5.97. The Bertz CT molecular complexity index is 1480. The number of imidazole rings is 1. The highest BCUT2D eigenvalue weighted by atomic mass is 19.3. The molecule has 190 valence electrons. The molecule has 2 aromatic carbocycles. The number of aromatic nitrogens is 4. The number of ether oxygens (including phenoxy) is 1. The van der Waals surface area contributed by atoms with Crippen LogP contribution in [0.2, 0.25) is 0 Å². The molecule has 0 aliphatic carbocycles. The summed E-state index contributed by atoms with van der Waals surface area (Å²) in [5, 5.41) is 9.25. The molecular weight excluding hydrogens is 470 g/mol. The largest absolute Gasteiger partial charge is 0.425 e. The van der Waals surface area contributed by atoms with E-state index in [-0.39, 0.29) is 61.1 Å². The first-order valence-corrected chi connectivity index (χ1v) is 11.7. The molecule has 4 rings (SSSR count). The van der Waals surface area contributed by atoms with E-state index in [1.54, 1.807) is 11.5 Å². The summed E-state index contributed by atoms with van der Waals surface area (Å²) in [5.41, 5.74) is 1.09. The molecule has 2 aromatic heterocycles. The molecule has 2 heterocycles. The molecule has 0 saturated carbocycles. The second kappa shape index (κ2) is 10.1. The van der Waals surface area contributed by atoms with Crippen LogP contribution in [0.3, 0.4) is 0 Å². The van der Waals surface area contributed by atoms with Gasteiger partial charge in [0.05, 0.1) is 6.54 Å². The Labute approximate surface area is 206 Å². The Hall–Kier alpha value is -3.79. The van der Waals surface area contributed by atoms with Crippen LogP contribution in [-0.4, -0.2) is 30.4 Å². The molecule has 0 amide bonds. The molecule has 36 heavy (non-hydrogen) atoms. The average Bonchev–Trinajstić information content (AvgIpc) is 3.18. The number of hydrogen-bond donors (Lipinski definition) is 1. The van der Waals surface area contributed by atoms with Crippen LogP contribution in [-0.2, 0) is 25.6 Å². The van der Waals surface area contributed by atoms with Crippen LogP contribution in [0, 0.1) is 6.92 Å². The van der Waals surface area contributed by atoms with E-state index in [0.29, 0.717) is 0 Å². The molecule has 1 N–H and O–H groups in total. The van der Waals surface area contributed by atoms with Gasteiger partial charge in [-0.15, -0.1) is 0 Å². The van der Waals surface area contributed by atoms with Gasteiger partial charge in [-0.1, -0.05) is 29.8 Å². The second-order valence-electron chi connectivity index (χ2n) is 8.71. The van der Waals surface area contributed by atoms with Crippen molar-refractivity contribution in [2.75, 3.05) is 6.61 Å². The van der Waals surface area contributed by atoms with E-state index >= 15 is 0 Å². The maximum atomic E-state index is 13.6. The van der Waals surface area contributed by atoms with Gasteiger partial charge in [0.25, 0.3) is 11.5 Å². The summed E-state index contributed by atoms with van der Waals surface area (Å²) in [6.45, 7) is 4.93. The van der Waals surface area contributed by atoms with Crippen molar-refractivity contribution in [1.29, 1.82) is 0 Å². The third-order valence-electron chi connectivity index (χ3n) is 5.97. The van der Waals surface area contributed by atoms with Crippen LogP contribution in [0.25, 0.3) is 11.2 Å². The summed E-state index contributed by atoms with van der Waals surface area (Å²) in [5.74, 6) is -2.73. The van der Waals surface area contributed by atoms with Crippen LogP contribution in [0.1, 0.15) is 37.0 Å². The van der Waals surface area contributed by atoms with E-state index in [0.717, 1.165) is 22.6 Å². The van der Waals surface area contributed by atoms with Crippen LogP contribution in [0.4, 0.5) is 8.78 Å². The zero-order valence-corrected chi connectivity index (χ0v) is 20.4. The molecule has 0 fully saturated rings. The number of rotatable bonds is 9. The van der Waals surface area contributed by atoms with Gasteiger partial charge in [0.2, 0.25) is 0 Å². The smallest absolute Gasteiger partial charge is 0.332 e. The molecule has 10 heteroatoms. The number of halogens is 2. The maximum Gasteiger partial charge on any atom is 0.332 e. The fourth-order valence-corrected chi connectivity index (χ4v) is 4.00. The Morgan fingerprint density at radius 1 is 1.00 bits per heavy atom. The molecule has 4 aromatic rings. The van der Waals surface area contributed by atoms with Crippen LogP contribution in [0.15, 0.2) is 58.1 Å². The summed E-state index contributed by atoms with van der Waals surface area (Å²) in [7, 11) is 0. The van der Waals surface area contributed by atoms with Gasteiger partial charge < -0.3 is 9.84 Å². The number of hydrogen-bond acceptors (Lipinski definition) is 5. The predicted octanol–water partition coefficient (Wildman–Crippen LogP) is 4.02. The van der Waals surface area contributed by atoms with Gasteiger partial charge in [-0.2, -0.15) is 4.98 Å². The average molecular weight is 499 g/mol. The van der Waals surface area contributed by atoms with Gasteiger partial charge in [-0.05, 0) is 50.1 Å². The Kier molecular flexibility index (Phi) is 7.07. The minimum absolute atomic E-state index is 0.0557. The Morgan fingerprint density at radius 2 is 1.67 bits per heavy atom. The van der Waals surface area contributed by atoms with Crippen molar-refractivity contribution in [2.45, 2.75) is 52.7 Å². The molecule has 0 atom stereocenters. The Morgan fingerprint density at radius 3 is 2.25 bits per heavy atom. The third kappa shape index (κ3) is 4.94. The summed E-state index contributed by atoms with van der Waals surface area (Å²) in [6, 6.07) is 13.1. The van der Waals surface area contributed by atoms with Gasteiger partial charge >= 0.3 is 11.7 Å². The van der Waals surface area contributed by atoms with Crippen LogP contribution < -0.4 is 16.0 Å². The molecule has 8 nitrogen and oxygen atoms in total. The predicted molar refractivity (Wildman–Crippen MR) is 132 cm³/mol. The van der Waals surface area contributed by atoms with Crippen molar-refractivity contribution in [3.63, 3.8) is 0 Å². The van der Waals surface area contributed by atoms with Crippen LogP contribution >= 0.6 is 0 Å². The van der Waals surface area contributed by atoms with Crippen LogP contribution in [0.5, 0.6) is 11.8 Å². The maximum absolute atomic E-state index is 13.6. The first-order chi connectivity index (χ1) is 17.1. The number of alkyl halides is 2. The fraction of sp³-hybridized carbons (Fsp3) is 0.346. The minimum atomic E-state index is -2.99. The lowest BCUT2D eigenvalue weighted by molar-refractivity contribution is 0.0174. The number of aryl methyl sites for hydroxylation is 2. The molecule has 0 unspecified atom stereocenters. The normalized spacial score (nSPS) is 11.8. The summed E-state index contributed by atoms with van der Waals surface area (Å²) >= 11 is 0. The summed E-state index contributed by atoms with van der Waals surface area (Å²) < 4.78 is 37.3. The summed E-state index contributed by atoms with van der Waals surface area (Å²) in [6.07, 6.45) is 0.244. The zero-order valence-electron chi connectivity index (χ0n) is 20.4. The highest BCUT2D eigenvalue weighted by Gasteiger charge is 2.25. The van der Waals surface area contributed by atoms with Gasteiger partial charge in [0, 0.05) is 32.2 Å². The van der Waals surface area contributed by atoms with Gasteiger partial charge in [0.15, 0.2) is 11.2 Å². The van der Waals surface area contributed by atoms with E-state index in [1.807, 2.05) is 31.2 Å². The van der Waals surface area contributed by atoms with E-state index in [4.69, 9.17) is 4.74 Å². The SMILES string of the molecule is CCn1c(=O)n(CCCO)c(=O)c2c1nc(Oc1ccc(C(C)(F)F)cc1)n2Cc1ccc(C)cc1. The Balaban J connectivity index is 1.90. The lowest BCUT2D eigenvalue weighted by Crippen LogP contribution is -2.40. The number of benzene rings is 2. The topological polar surface area (TPSA) is 91.3 Å². The fourth-order valence-electron chi connectivity index (χ4n) is 4.00. The van der Waals surface area contributed by atoms with Crippen molar-refractivity contribution < 1.29 is 18.6 Å². The van der Waals surface area contributed by atoms with E-state index < -0.39 is 17.2 Å². The van der Waals surface area contributed by atoms with E-state index in [9.17, 15) is 23.5 Å². The second-order valence-corrected chi connectivity index (χ2v) is 8.71. The quantitative estimate of drug-likeness (QED) is 0.376. The summed E-state index contributed by atoms with van der Waals surface area (Å²) in [4.78, 5) is 31.0. The van der Waals surface area contributed by atoms with Gasteiger partial charge in [-0.25, -0.2) is 13.6 Å². The number of aliphatic hydroxyl groups excluding tert-OH is 1. The van der Waals surface area contributed by atoms with Gasteiger partial charge in [0.1, 0.15) is 5.75 Å². The molecule has 0 bridgehead atoms. The molecule has 0 aliphatic heterocycles. The monoisotopic (exact) mass is 498 g/mol. The number of aliphatic hydroxyl groups is 1. The molecular formula is C26H28F2N4O4. The lowest BCUT2D eigenvalue weighted by Gasteiger charge is -2.13. The zero-order chi connectivity index (χ0) is 26.0. The molecule has 0 aliphatic rings. The molecule has 0 radical (unpaired) electrons. The standard InChI is InChI=1S/C26H28F2N4O4/c1-4-30-22-21(23(34)31(25(30)35)14-5-15-33)32(16-18-8-6-17(2)7-9-18)24(29-22)36-20-12-10-19(11-13-20)26(3,27)28/h6-13,33H,4-5,14-16H2,1-3H3. The van der Waals surface area contributed by atoms with Gasteiger partial charge in [-0.3, -0.25) is 18.5 Å². The van der Waals surface area contributed by atoms with E-state index in [2.05, 4.69) is 4.98 Å². The van der Waals surface area contributed by atoms with Crippen molar-refractivity contribution in [3.8, 4) is 11.8 Å². The van der Waals surface area contributed by atoms with Crippen molar-refractivity contribution in [2.24, 2.45) is 0 Å². The molecule has 0 saturated heterocycles. The van der Waals surface area contributed by atoms with Crippen molar-refractivity contribution in [1.82, 2.24) is 18.7 Å². The first kappa shape index (κ1) is 25.3. The molecule has 0 spiro atoms. The van der Waals surface area contributed by atoms with Crippen molar-refractivity contribution >= 4 is 11.2 Å². The first-order valence-electron chi connectivity index (χ1n) is 11.7. The highest BCUT2D eigenvalue weighted by molar-refractivity contribution is 5.72. The number of fused-ring (bicyclic) bond motifs is 1. The van der Waals surface area contributed by atoms with Crippen molar-refractivity contribution in [3.05, 3.63) is 86.1 Å². The highest BCUT2D eigenvalue weighted by Crippen LogP contribution is 2.30. The van der Waals surface area contributed by atoms with E-state index in [1.165, 1.54) is 28.8 Å². The lowest BCUT2D eigenvalue weighted by atomic mass is 10.1.